The van der Waals surface area contributed by atoms with Crippen molar-refractivity contribution in [1.82, 2.24) is 9.61 Å². The lowest BCUT2D eigenvalue weighted by Crippen LogP contribution is -2.45. The summed E-state index contributed by atoms with van der Waals surface area (Å²) in [4.78, 5) is 15.0. The third kappa shape index (κ3) is 6.60. The molecule has 2 aromatic heterocycles. The topological polar surface area (TPSA) is 96.5 Å². The number of aryl methyl sites for hydroxylation is 2. The fourth-order valence-corrected chi connectivity index (χ4v) is 6.02. The monoisotopic (exact) mass is 615 g/mol. The van der Waals surface area contributed by atoms with Crippen molar-refractivity contribution in [3.8, 4) is 28.1 Å². The number of carboxylic acid groups (broad SMARTS) is 1. The van der Waals surface area contributed by atoms with Gasteiger partial charge in [0, 0.05) is 30.4 Å². The number of carboxylic acids is 1. The first-order valence-electron chi connectivity index (χ1n) is 15.2. The summed E-state index contributed by atoms with van der Waals surface area (Å²) >= 11 is 0. The summed E-state index contributed by atoms with van der Waals surface area (Å²) in [5.74, 6) is -1.68. The molecular weight excluding hydrogens is 573 g/mol. The van der Waals surface area contributed by atoms with Crippen molar-refractivity contribution < 1.29 is 28.9 Å². The molecule has 0 amide bonds. The number of hydrogen-bond acceptors (Lipinski definition) is 6. The van der Waals surface area contributed by atoms with E-state index in [0.717, 1.165) is 35.2 Å². The minimum Gasteiger partial charge on any atom is -0.507 e. The van der Waals surface area contributed by atoms with Gasteiger partial charge in [0.25, 0.3) is 0 Å². The molecule has 8 nitrogen and oxygen atoms in total. The fraction of sp³-hybridized carbons (Fsp3) is 0.389. The van der Waals surface area contributed by atoms with Gasteiger partial charge in [-0.2, -0.15) is 5.10 Å². The number of hydrogen-bond donors (Lipinski definition) is 2. The second-order valence-corrected chi connectivity index (χ2v) is 13.1. The van der Waals surface area contributed by atoms with E-state index < -0.39 is 23.5 Å². The van der Waals surface area contributed by atoms with Crippen LogP contribution in [0.5, 0.6) is 5.75 Å². The van der Waals surface area contributed by atoms with E-state index in [1.165, 1.54) is 6.07 Å². The second-order valence-electron chi connectivity index (χ2n) is 13.1. The molecular formula is C36H42FN3O5. The van der Waals surface area contributed by atoms with E-state index in [9.17, 15) is 15.0 Å². The van der Waals surface area contributed by atoms with Crippen molar-refractivity contribution in [1.29, 1.82) is 0 Å². The Morgan fingerprint density at radius 3 is 2.47 bits per heavy atom. The van der Waals surface area contributed by atoms with Gasteiger partial charge >= 0.3 is 5.97 Å². The van der Waals surface area contributed by atoms with Gasteiger partial charge in [0.1, 0.15) is 11.6 Å². The van der Waals surface area contributed by atoms with Crippen molar-refractivity contribution in [3.63, 3.8) is 0 Å². The first kappa shape index (κ1) is 32.2. The second kappa shape index (κ2) is 12.3. The molecule has 238 valence electrons. The lowest BCUT2D eigenvalue weighted by molar-refractivity contribution is -0.160. The Labute approximate surface area is 263 Å². The number of halogens is 1. The quantitative estimate of drug-likeness (QED) is 0.187. The van der Waals surface area contributed by atoms with E-state index in [4.69, 9.17) is 14.6 Å². The smallest absolute Gasteiger partial charge is 0.337 e. The molecule has 0 aliphatic carbocycles. The normalized spacial score (nSPS) is 15.8. The van der Waals surface area contributed by atoms with Gasteiger partial charge in [0.2, 0.25) is 0 Å². The molecule has 1 saturated heterocycles. The average molecular weight is 616 g/mol. The zero-order chi connectivity index (χ0) is 32.7. The Morgan fingerprint density at radius 1 is 1.13 bits per heavy atom. The van der Waals surface area contributed by atoms with Crippen LogP contribution in [0.4, 0.5) is 10.1 Å². The van der Waals surface area contributed by atoms with Gasteiger partial charge in [-0.1, -0.05) is 30.3 Å². The van der Waals surface area contributed by atoms with Crippen molar-refractivity contribution in [3.05, 3.63) is 83.8 Å². The summed E-state index contributed by atoms with van der Waals surface area (Å²) in [6, 6.07) is 12.2. The summed E-state index contributed by atoms with van der Waals surface area (Å²) in [5, 5.41) is 25.8. The lowest BCUT2D eigenvalue weighted by Gasteiger charge is -2.41. The number of rotatable bonds is 9. The van der Waals surface area contributed by atoms with Gasteiger partial charge in [-0.3, -0.25) is 0 Å². The molecule has 2 aromatic carbocycles. The molecule has 45 heavy (non-hydrogen) atoms. The molecule has 5 rings (SSSR count). The van der Waals surface area contributed by atoms with Crippen molar-refractivity contribution in [2.75, 3.05) is 24.6 Å². The maximum Gasteiger partial charge on any atom is 0.337 e. The van der Waals surface area contributed by atoms with E-state index in [1.54, 1.807) is 41.8 Å². The Balaban J connectivity index is 1.66. The number of carbonyl (C=O) groups is 1. The predicted molar refractivity (Wildman–Crippen MR) is 174 cm³/mol. The highest BCUT2D eigenvalue weighted by Gasteiger charge is 2.37. The van der Waals surface area contributed by atoms with Gasteiger partial charge < -0.3 is 24.6 Å². The number of phenolic OH excluding ortho intramolecular Hbond substituents is 1. The first-order chi connectivity index (χ1) is 21.2. The Hall–Kier alpha value is -4.21. The van der Waals surface area contributed by atoms with E-state index >= 15 is 4.39 Å². The fourth-order valence-electron chi connectivity index (χ4n) is 6.02. The van der Waals surface area contributed by atoms with Crippen LogP contribution in [0.25, 0.3) is 27.9 Å². The molecule has 1 unspecified atom stereocenters. The third-order valence-electron chi connectivity index (χ3n) is 8.38. The summed E-state index contributed by atoms with van der Waals surface area (Å²) < 4.78 is 29.2. The molecule has 1 aliphatic heterocycles. The van der Waals surface area contributed by atoms with Crippen molar-refractivity contribution in [2.24, 2.45) is 0 Å². The number of ether oxygens (including phenoxy) is 2. The van der Waals surface area contributed by atoms with E-state index in [-0.39, 0.29) is 16.9 Å². The number of anilines is 1. The van der Waals surface area contributed by atoms with Gasteiger partial charge in [0.05, 0.1) is 40.3 Å². The number of fused-ring (bicyclic) bond motifs is 1. The third-order valence-corrected chi connectivity index (χ3v) is 8.38. The number of aliphatic carboxylic acids is 1. The number of pyridine rings is 1. The maximum atomic E-state index is 15.1. The molecule has 0 spiro atoms. The van der Waals surface area contributed by atoms with Crippen LogP contribution in [0.15, 0.2) is 61.3 Å². The number of aromatic nitrogens is 2. The van der Waals surface area contributed by atoms with Crippen LogP contribution in [0.2, 0.25) is 0 Å². The summed E-state index contributed by atoms with van der Waals surface area (Å²) in [5.41, 5.74) is 4.25. The molecule has 1 atom stereocenters. The molecule has 4 aromatic rings. The summed E-state index contributed by atoms with van der Waals surface area (Å²) in [6.07, 6.45) is 3.86. The van der Waals surface area contributed by atoms with Crippen molar-refractivity contribution in [2.45, 2.75) is 71.7 Å². The van der Waals surface area contributed by atoms with Gasteiger partial charge in [0.15, 0.2) is 6.10 Å². The molecule has 0 bridgehead atoms. The molecule has 1 fully saturated rings. The number of phenols is 1. The maximum absolute atomic E-state index is 15.1. The summed E-state index contributed by atoms with van der Waals surface area (Å²) in [6.45, 7) is 16.7. The zero-order valence-corrected chi connectivity index (χ0v) is 26.9. The highest BCUT2D eigenvalue weighted by Crippen LogP contribution is 2.42. The predicted octanol–water partition coefficient (Wildman–Crippen LogP) is 7.63. The Morgan fingerprint density at radius 2 is 1.82 bits per heavy atom. The van der Waals surface area contributed by atoms with Gasteiger partial charge in [-0.15, -0.1) is 6.58 Å². The van der Waals surface area contributed by atoms with E-state index in [0.29, 0.717) is 42.1 Å². The number of nitrogens with zero attached hydrogens (tertiary/aromatic N) is 3. The van der Waals surface area contributed by atoms with Crippen LogP contribution < -0.4 is 4.90 Å². The highest BCUT2D eigenvalue weighted by molar-refractivity contribution is 5.87. The van der Waals surface area contributed by atoms with E-state index in [1.807, 2.05) is 46.0 Å². The van der Waals surface area contributed by atoms with Crippen LogP contribution >= 0.6 is 0 Å². The minimum absolute atomic E-state index is 0.137. The lowest BCUT2D eigenvalue weighted by atomic mass is 9.91. The molecule has 3 heterocycles. The van der Waals surface area contributed by atoms with Crippen LogP contribution in [-0.2, 0) is 14.3 Å². The van der Waals surface area contributed by atoms with Gasteiger partial charge in [-0.05, 0) is 89.3 Å². The van der Waals surface area contributed by atoms with Crippen LogP contribution in [0.3, 0.4) is 0 Å². The Kier molecular flexibility index (Phi) is 8.79. The van der Waals surface area contributed by atoms with Crippen LogP contribution in [0, 0.1) is 19.7 Å². The van der Waals surface area contributed by atoms with Crippen LogP contribution in [0.1, 0.15) is 63.3 Å². The number of aromatic hydroxyl groups is 1. The van der Waals surface area contributed by atoms with E-state index in [2.05, 4.69) is 18.4 Å². The standard InChI is InChI=1S/C36H42FN3O5/c1-8-18-44-36(7)14-16-39(17-15-36)32-27-20-26(24-10-9-11-25(19-24)30-28(41)13-12-22(2)31(30)37)38-40(27)21-23(3)29(32)33(34(42)43)45-35(4,5)6/h8-13,19-21,33,41H,1,14-18H2,2-7H3,(H,42,43). The van der Waals surface area contributed by atoms with Gasteiger partial charge in [-0.25, -0.2) is 13.7 Å². The number of benzene rings is 2. The molecule has 0 radical (unpaired) electrons. The van der Waals surface area contributed by atoms with Crippen LogP contribution in [-0.4, -0.2) is 56.7 Å². The molecule has 1 aliphatic rings. The largest absolute Gasteiger partial charge is 0.507 e. The SMILES string of the molecule is C=CCOC1(C)CCN(c2c(C(OC(C)(C)C)C(=O)O)c(C)cn3nc(-c4cccc(-c5c(O)ccc(C)c5F)c4)cc23)CC1. The van der Waals surface area contributed by atoms with Crippen molar-refractivity contribution >= 4 is 17.2 Å². The minimum atomic E-state index is -1.20. The highest BCUT2D eigenvalue weighted by atomic mass is 19.1. The zero-order valence-electron chi connectivity index (χ0n) is 26.9. The Bertz CT molecular complexity index is 1750. The molecule has 2 N–H and O–H groups in total. The number of piperidine rings is 1. The molecule has 0 saturated carbocycles. The summed E-state index contributed by atoms with van der Waals surface area (Å²) in [7, 11) is 0. The first-order valence-corrected chi connectivity index (χ1v) is 15.2. The average Bonchev–Trinajstić information content (AvgIpc) is 3.40. The molecule has 9 heteroatoms.